The molecule has 0 unspecified atom stereocenters. The summed E-state index contributed by atoms with van der Waals surface area (Å²) in [6.07, 6.45) is 7.87. The minimum absolute atomic E-state index is 0.101. The number of carbonyl (C=O) groups excluding carboxylic acids is 1. The van der Waals surface area contributed by atoms with Crippen LogP contribution in [0.25, 0.3) is 0 Å². The molecule has 0 bridgehead atoms. The molecule has 0 aliphatic carbocycles. The summed E-state index contributed by atoms with van der Waals surface area (Å²) in [7, 11) is 1.57. The van der Waals surface area contributed by atoms with E-state index in [4.69, 9.17) is 4.74 Å². The van der Waals surface area contributed by atoms with Crippen molar-refractivity contribution in [2.75, 3.05) is 13.7 Å². The second kappa shape index (κ2) is 10.7. The van der Waals surface area contributed by atoms with Gasteiger partial charge in [0, 0.05) is 6.54 Å². The van der Waals surface area contributed by atoms with E-state index in [1.165, 1.54) is 32.1 Å². The molecular formula is C13H25NO2. The maximum Gasteiger partial charge on any atom is 0.190 e. The number of aliphatic imine (C=N–C) groups is 1. The lowest BCUT2D eigenvalue weighted by atomic mass is 10.1. The van der Waals surface area contributed by atoms with Crippen molar-refractivity contribution in [1.29, 1.82) is 0 Å². The van der Waals surface area contributed by atoms with Crippen LogP contribution in [-0.2, 0) is 9.53 Å². The zero-order chi connectivity index (χ0) is 12.2. The number of Topliss-reactive ketones (excluding diaryl/α,β-unsaturated/α-hetero) is 1. The molecule has 0 fully saturated rings. The van der Waals surface area contributed by atoms with Crippen molar-refractivity contribution in [1.82, 2.24) is 0 Å². The van der Waals surface area contributed by atoms with Crippen LogP contribution in [0.15, 0.2) is 4.99 Å². The van der Waals surface area contributed by atoms with E-state index in [1.54, 1.807) is 14.0 Å². The van der Waals surface area contributed by atoms with Crippen molar-refractivity contribution < 1.29 is 9.53 Å². The molecule has 0 saturated heterocycles. The molecule has 16 heavy (non-hydrogen) atoms. The molecule has 0 radical (unpaired) electrons. The minimum atomic E-state index is 0.101. The lowest BCUT2D eigenvalue weighted by Gasteiger charge is -2.03. The van der Waals surface area contributed by atoms with Crippen LogP contribution < -0.4 is 0 Å². The van der Waals surface area contributed by atoms with Gasteiger partial charge in [-0.2, -0.15) is 0 Å². The van der Waals surface area contributed by atoms with E-state index in [1.807, 2.05) is 0 Å². The van der Waals surface area contributed by atoms with Crippen LogP contribution in [0, 0.1) is 0 Å². The number of ether oxygens (including phenoxy) is 1. The van der Waals surface area contributed by atoms with Gasteiger partial charge in [0.25, 0.3) is 0 Å². The van der Waals surface area contributed by atoms with E-state index >= 15 is 0 Å². The highest BCUT2D eigenvalue weighted by Gasteiger charge is 2.01. The van der Waals surface area contributed by atoms with Crippen LogP contribution in [0.4, 0.5) is 0 Å². The molecule has 3 nitrogen and oxygen atoms in total. The van der Waals surface area contributed by atoms with Gasteiger partial charge in [-0.15, -0.1) is 0 Å². The van der Waals surface area contributed by atoms with Gasteiger partial charge in [0.2, 0.25) is 0 Å². The molecule has 0 aromatic heterocycles. The minimum Gasteiger partial charge on any atom is -0.484 e. The van der Waals surface area contributed by atoms with E-state index in [0.29, 0.717) is 12.3 Å². The molecule has 94 valence electrons. The monoisotopic (exact) mass is 227 g/mol. The number of nitrogens with zero attached hydrogens (tertiary/aromatic N) is 1. The summed E-state index contributed by atoms with van der Waals surface area (Å²) >= 11 is 0. The Bertz CT molecular complexity index is 212. The molecule has 0 aliphatic heterocycles. The highest BCUT2D eigenvalue weighted by Crippen LogP contribution is 2.05. The number of carbonyl (C=O) groups is 1. The van der Waals surface area contributed by atoms with Crippen molar-refractivity contribution in [3.8, 4) is 0 Å². The molecule has 0 aromatic carbocycles. The summed E-state index contributed by atoms with van der Waals surface area (Å²) in [6, 6.07) is 0. The van der Waals surface area contributed by atoms with E-state index in [2.05, 4.69) is 11.9 Å². The summed E-state index contributed by atoms with van der Waals surface area (Å²) in [6.45, 7) is 4.55. The quantitative estimate of drug-likeness (QED) is 0.344. The third-order valence-electron chi connectivity index (χ3n) is 2.44. The fourth-order valence-corrected chi connectivity index (χ4v) is 1.50. The Hall–Kier alpha value is -0.860. The fraction of sp³-hybridized carbons (Fsp3) is 0.846. The Morgan fingerprint density at radius 2 is 1.75 bits per heavy atom. The predicted molar refractivity (Wildman–Crippen MR) is 68.0 cm³/mol. The van der Waals surface area contributed by atoms with Gasteiger partial charge in [0.15, 0.2) is 5.90 Å². The molecule has 0 atom stereocenters. The Kier molecular flexibility index (Phi) is 10.1. The van der Waals surface area contributed by atoms with Gasteiger partial charge in [0.1, 0.15) is 5.78 Å². The molecule has 0 aromatic rings. The third kappa shape index (κ3) is 9.69. The number of methoxy groups -OCH3 is 1. The molecule has 0 heterocycles. The Morgan fingerprint density at radius 1 is 1.12 bits per heavy atom. The number of hydrogen-bond donors (Lipinski definition) is 0. The van der Waals surface area contributed by atoms with E-state index < -0.39 is 0 Å². The largest absolute Gasteiger partial charge is 0.484 e. The second-order valence-corrected chi connectivity index (χ2v) is 4.13. The smallest absolute Gasteiger partial charge is 0.190 e. The summed E-state index contributed by atoms with van der Waals surface area (Å²) < 4.78 is 5.04. The Labute approximate surface area is 99.3 Å². The summed E-state index contributed by atoms with van der Waals surface area (Å²) in [5, 5.41) is 0. The van der Waals surface area contributed by atoms with Crippen LogP contribution in [0.3, 0.4) is 0 Å². The standard InChI is InChI=1S/C13H25NO2/c1-4-5-6-7-8-9-10-14-13(16-3)11-12(2)15/h4-11H2,1-3H3. The van der Waals surface area contributed by atoms with Crippen molar-refractivity contribution in [3.63, 3.8) is 0 Å². The van der Waals surface area contributed by atoms with Crippen molar-refractivity contribution in [2.45, 2.75) is 58.8 Å². The average Bonchev–Trinajstić information content (AvgIpc) is 2.25. The van der Waals surface area contributed by atoms with Crippen molar-refractivity contribution >= 4 is 11.7 Å². The number of unbranched alkanes of at least 4 members (excludes halogenated alkanes) is 5. The Balaban J connectivity index is 3.51. The zero-order valence-corrected chi connectivity index (χ0v) is 10.9. The van der Waals surface area contributed by atoms with Crippen molar-refractivity contribution in [3.05, 3.63) is 0 Å². The second-order valence-electron chi connectivity index (χ2n) is 4.13. The first-order chi connectivity index (χ1) is 7.70. The van der Waals surface area contributed by atoms with Gasteiger partial charge in [-0.05, 0) is 13.3 Å². The summed E-state index contributed by atoms with van der Waals surface area (Å²) in [5.41, 5.74) is 0. The summed E-state index contributed by atoms with van der Waals surface area (Å²) in [4.78, 5) is 15.1. The summed E-state index contributed by atoms with van der Waals surface area (Å²) in [5.74, 6) is 0.671. The lowest BCUT2D eigenvalue weighted by Crippen LogP contribution is -2.07. The predicted octanol–water partition coefficient (Wildman–Crippen LogP) is 3.37. The van der Waals surface area contributed by atoms with Crippen molar-refractivity contribution in [2.24, 2.45) is 4.99 Å². The average molecular weight is 227 g/mol. The van der Waals surface area contributed by atoms with Gasteiger partial charge < -0.3 is 4.74 Å². The Morgan fingerprint density at radius 3 is 2.31 bits per heavy atom. The van der Waals surface area contributed by atoms with Crippen LogP contribution in [-0.4, -0.2) is 25.3 Å². The molecule has 3 heteroatoms. The maximum absolute atomic E-state index is 10.9. The first-order valence-corrected chi connectivity index (χ1v) is 6.27. The van der Waals surface area contributed by atoms with Gasteiger partial charge in [0.05, 0.1) is 13.5 Å². The molecule has 0 amide bonds. The topological polar surface area (TPSA) is 38.7 Å². The van der Waals surface area contributed by atoms with Gasteiger partial charge in [-0.3, -0.25) is 9.79 Å². The van der Waals surface area contributed by atoms with Crippen LogP contribution >= 0.6 is 0 Å². The van der Waals surface area contributed by atoms with Gasteiger partial charge in [-0.1, -0.05) is 39.0 Å². The first-order valence-electron chi connectivity index (χ1n) is 6.27. The highest BCUT2D eigenvalue weighted by atomic mass is 16.5. The normalized spacial score (nSPS) is 11.6. The highest BCUT2D eigenvalue weighted by molar-refractivity contribution is 5.96. The molecular weight excluding hydrogens is 202 g/mol. The molecule has 0 aliphatic rings. The van der Waals surface area contributed by atoms with Crippen LogP contribution in [0.2, 0.25) is 0 Å². The number of hydrogen-bond acceptors (Lipinski definition) is 3. The maximum atomic E-state index is 10.9. The van der Waals surface area contributed by atoms with Gasteiger partial charge >= 0.3 is 0 Å². The van der Waals surface area contributed by atoms with E-state index in [9.17, 15) is 4.79 Å². The third-order valence-corrected chi connectivity index (χ3v) is 2.44. The van der Waals surface area contributed by atoms with Gasteiger partial charge in [-0.25, -0.2) is 0 Å². The lowest BCUT2D eigenvalue weighted by molar-refractivity contribution is -0.116. The fourth-order valence-electron chi connectivity index (χ4n) is 1.50. The number of ketones is 1. The molecule has 0 spiro atoms. The zero-order valence-electron chi connectivity index (χ0n) is 10.9. The van der Waals surface area contributed by atoms with Crippen LogP contribution in [0.5, 0.6) is 0 Å². The first kappa shape index (κ1) is 15.1. The van der Waals surface area contributed by atoms with E-state index in [0.717, 1.165) is 13.0 Å². The number of rotatable bonds is 9. The molecule has 0 rings (SSSR count). The molecule has 0 N–H and O–H groups in total. The van der Waals surface area contributed by atoms with Crippen LogP contribution in [0.1, 0.15) is 58.8 Å². The molecule has 0 saturated carbocycles. The SMILES string of the molecule is CCCCCCCCN=C(CC(C)=O)OC. The van der Waals surface area contributed by atoms with E-state index in [-0.39, 0.29) is 5.78 Å².